The van der Waals surface area contributed by atoms with Crippen LogP contribution in [0.3, 0.4) is 0 Å². The quantitative estimate of drug-likeness (QED) is 0.0349. The molecule has 0 radical (unpaired) electrons. The third-order valence-corrected chi connectivity index (χ3v) is 14.0. The maximum absolute atomic E-state index is 13.9. The van der Waals surface area contributed by atoms with E-state index in [1.165, 1.54) is 23.2 Å². The normalized spacial score (nSPS) is 14.2. The van der Waals surface area contributed by atoms with E-state index in [1.54, 1.807) is 35.4 Å². The van der Waals surface area contributed by atoms with Crippen LogP contribution in [0.5, 0.6) is 5.75 Å². The Kier molecular flexibility index (Phi) is 15.8. The van der Waals surface area contributed by atoms with Crippen molar-refractivity contribution in [1.82, 2.24) is 53.4 Å². The highest BCUT2D eigenvalue weighted by Crippen LogP contribution is 2.33. The Bertz CT molecular complexity index is 3450. The molecule has 392 valence electrons. The number of carbonyl (C=O) groups is 7. The second-order valence-electron chi connectivity index (χ2n) is 17.9. The van der Waals surface area contributed by atoms with Gasteiger partial charge in [-0.15, -0.1) is 11.8 Å². The second-order valence-corrected chi connectivity index (χ2v) is 19.1. The third-order valence-electron chi connectivity index (χ3n) is 12.7. The molecule has 1 fully saturated rings. The number of amides is 6. The minimum absolute atomic E-state index is 0.0445. The monoisotopic (exact) mass is 1040 g/mol. The summed E-state index contributed by atoms with van der Waals surface area (Å²) < 4.78 is 13.5. The summed E-state index contributed by atoms with van der Waals surface area (Å²) in [5.41, 5.74) is 22.6. The first kappa shape index (κ1) is 52.9. The molecule has 1 saturated heterocycles. The van der Waals surface area contributed by atoms with Gasteiger partial charge in [0.1, 0.15) is 34.3 Å². The Hall–Kier alpha value is -8.45. The number of carboxylic acid groups (broad SMARTS) is 1. The number of aliphatic carboxylic acids is 1. The number of hydrogen-bond acceptors (Lipinski definition) is 15. The molecule has 8 rings (SSSR count). The highest BCUT2D eigenvalue weighted by atomic mass is 32.2. The molecular weight excluding hydrogens is 987 g/mol. The zero-order valence-corrected chi connectivity index (χ0v) is 42.8. The van der Waals surface area contributed by atoms with Crippen LogP contribution in [-0.4, -0.2) is 144 Å². The largest absolute Gasteiger partial charge is 0.491 e. The molecule has 75 heavy (non-hydrogen) atoms. The number of nitrogens with one attached hydrogen (secondary N) is 1. The molecule has 0 spiro atoms. The van der Waals surface area contributed by atoms with Crippen LogP contribution in [0.1, 0.15) is 75.7 Å². The number of aromatic nitrogens is 9. The number of aryl methyl sites for hydroxylation is 4. The SMILES string of the molecule is CCn1nc(C)cc1C(=O)Nc1nc2cc(C(N)=O)cc(OCCCN(C)C(=O)CCN3C(=O)CC(SC[C@H](N)C(=O)O)C3=O)c2n1C/C=C/Cn1c2ncc(C(N)=O)cc2c2ccc(-c3cc(C)nn3CC)nc21. The van der Waals surface area contributed by atoms with Gasteiger partial charge >= 0.3 is 5.97 Å². The lowest BCUT2D eigenvalue weighted by molar-refractivity contribution is -0.140. The topological polar surface area (TPSA) is 330 Å². The number of benzene rings is 1. The van der Waals surface area contributed by atoms with Crippen LogP contribution in [-0.2, 0) is 45.4 Å². The highest BCUT2D eigenvalue weighted by Gasteiger charge is 2.39. The first-order chi connectivity index (χ1) is 35.9. The molecule has 6 aromatic heterocycles. The van der Waals surface area contributed by atoms with E-state index in [-0.39, 0.29) is 80.1 Å². The first-order valence-electron chi connectivity index (χ1n) is 24.2. The number of nitrogens with zero attached hydrogens (tertiary/aromatic N) is 11. The van der Waals surface area contributed by atoms with E-state index < -0.39 is 46.8 Å². The molecule has 0 saturated carbocycles. The zero-order valence-electron chi connectivity index (χ0n) is 42.0. The number of carboxylic acids is 1. The van der Waals surface area contributed by atoms with Gasteiger partial charge in [-0.3, -0.25) is 53.1 Å². The Labute approximate surface area is 433 Å². The summed E-state index contributed by atoms with van der Waals surface area (Å²) in [7, 11) is 1.59. The first-order valence-corrected chi connectivity index (χ1v) is 25.2. The van der Waals surface area contributed by atoms with Crippen LogP contribution in [0.2, 0.25) is 0 Å². The third kappa shape index (κ3) is 11.2. The lowest BCUT2D eigenvalue weighted by Crippen LogP contribution is -2.37. The molecule has 0 aliphatic carbocycles. The molecule has 1 unspecified atom stereocenters. The number of ether oxygens (including phenoxy) is 1. The molecule has 6 amide bonds. The van der Waals surface area contributed by atoms with Crippen molar-refractivity contribution in [3.8, 4) is 17.1 Å². The lowest BCUT2D eigenvalue weighted by Gasteiger charge is -2.20. The number of pyridine rings is 2. The van der Waals surface area contributed by atoms with Gasteiger partial charge in [-0.2, -0.15) is 10.2 Å². The Morgan fingerprint density at radius 1 is 0.907 bits per heavy atom. The van der Waals surface area contributed by atoms with Crippen LogP contribution in [0.4, 0.5) is 5.95 Å². The fourth-order valence-corrected chi connectivity index (χ4v) is 9.96. The van der Waals surface area contributed by atoms with E-state index in [0.29, 0.717) is 64.3 Å². The van der Waals surface area contributed by atoms with Crippen LogP contribution < -0.4 is 27.3 Å². The van der Waals surface area contributed by atoms with E-state index in [1.807, 2.05) is 60.4 Å². The van der Waals surface area contributed by atoms with Crippen molar-refractivity contribution < 1.29 is 43.4 Å². The number of carbonyl (C=O) groups excluding carboxylic acids is 6. The van der Waals surface area contributed by atoms with Crippen molar-refractivity contribution >= 4 is 92.2 Å². The van der Waals surface area contributed by atoms with Crippen LogP contribution in [0.15, 0.2) is 60.8 Å². The number of likely N-dealkylation sites (tertiary alicyclic amines) is 1. The maximum atomic E-state index is 13.9. The molecule has 7 aromatic rings. The van der Waals surface area contributed by atoms with E-state index in [0.717, 1.165) is 33.4 Å². The summed E-state index contributed by atoms with van der Waals surface area (Å²) in [5.74, 6) is -4.00. The average molecular weight is 1040 g/mol. The molecule has 8 N–H and O–H groups in total. The van der Waals surface area contributed by atoms with Gasteiger partial charge in [-0.1, -0.05) is 12.2 Å². The molecule has 24 nitrogen and oxygen atoms in total. The fourth-order valence-electron chi connectivity index (χ4n) is 8.84. The van der Waals surface area contributed by atoms with Crippen LogP contribution >= 0.6 is 11.8 Å². The Morgan fingerprint density at radius 3 is 2.32 bits per heavy atom. The van der Waals surface area contributed by atoms with E-state index in [4.69, 9.17) is 37.0 Å². The van der Waals surface area contributed by atoms with Crippen molar-refractivity contribution in [1.29, 1.82) is 0 Å². The molecule has 7 heterocycles. The number of hydrogen-bond donors (Lipinski definition) is 5. The standard InChI is InChI=1S/C50H57N15O9S/c1-6-64-36(19-27(3)58-64)34-12-11-31-32-21-30(44(53)69)25-54-45(32)63(46(31)55-34)16-9-8-15-62-42-35(56-50(62)57-47(70)37-20-28(4)59-65(37)7-2)22-29(43(52)68)23-38(42)74-18-10-14-60(5)40(66)13-17-61-41(67)24-39(48(61)71)75-26-33(51)49(72)73/h8-9,11-12,19-23,25,33,39H,6-7,10,13-18,24,26,51H2,1-5H3,(H2,52,68)(H2,53,69)(H,72,73)(H,56,57,70)/b9-8+/t33-,39?/m0/s1. The maximum Gasteiger partial charge on any atom is 0.321 e. The van der Waals surface area contributed by atoms with Gasteiger partial charge in [0.05, 0.1) is 45.7 Å². The van der Waals surface area contributed by atoms with Crippen molar-refractivity contribution in [2.75, 3.05) is 37.8 Å². The van der Waals surface area contributed by atoms with Crippen molar-refractivity contribution in [3.05, 3.63) is 89.0 Å². The van der Waals surface area contributed by atoms with Crippen molar-refractivity contribution in [2.24, 2.45) is 17.2 Å². The lowest BCUT2D eigenvalue weighted by atomic mass is 10.1. The van der Waals surface area contributed by atoms with E-state index in [9.17, 15) is 33.6 Å². The molecule has 0 bridgehead atoms. The smallest absolute Gasteiger partial charge is 0.321 e. The van der Waals surface area contributed by atoms with Crippen molar-refractivity contribution in [3.63, 3.8) is 0 Å². The van der Waals surface area contributed by atoms with Crippen LogP contribution in [0, 0.1) is 13.8 Å². The number of fused-ring (bicyclic) bond motifs is 4. The number of anilines is 1. The fraction of sp³-hybridized carbons (Fsp3) is 0.360. The summed E-state index contributed by atoms with van der Waals surface area (Å²) >= 11 is 1.00. The van der Waals surface area contributed by atoms with Gasteiger partial charge in [-0.05, 0) is 76.6 Å². The van der Waals surface area contributed by atoms with Gasteiger partial charge < -0.3 is 41.1 Å². The molecule has 2 atom stereocenters. The van der Waals surface area contributed by atoms with Gasteiger partial charge in [0, 0.05) is 87.4 Å². The Morgan fingerprint density at radius 2 is 1.61 bits per heavy atom. The molecule has 25 heteroatoms. The number of nitrogens with two attached hydrogens (primary N) is 3. The molecule has 1 aromatic carbocycles. The number of thioether (sulfide) groups is 1. The number of primary amides is 2. The summed E-state index contributed by atoms with van der Waals surface area (Å²) in [6, 6.07) is 11.0. The number of allylic oxidation sites excluding steroid dienone is 2. The second kappa shape index (κ2) is 22.3. The zero-order chi connectivity index (χ0) is 53.8. The highest BCUT2D eigenvalue weighted by molar-refractivity contribution is 8.00. The predicted octanol–water partition coefficient (Wildman–Crippen LogP) is 3.25. The molecule has 1 aliphatic rings. The van der Waals surface area contributed by atoms with E-state index in [2.05, 4.69) is 20.5 Å². The van der Waals surface area contributed by atoms with Crippen molar-refractivity contribution in [2.45, 2.75) is 84.4 Å². The number of rotatable bonds is 23. The summed E-state index contributed by atoms with van der Waals surface area (Å²) in [6.07, 6.45) is 5.28. The van der Waals surface area contributed by atoms with Crippen LogP contribution in [0.25, 0.3) is 44.5 Å². The van der Waals surface area contributed by atoms with Gasteiger partial charge in [0.2, 0.25) is 35.5 Å². The summed E-state index contributed by atoms with van der Waals surface area (Å²) in [6.45, 7) is 9.18. The number of imide groups is 1. The van der Waals surface area contributed by atoms with E-state index >= 15 is 0 Å². The van der Waals surface area contributed by atoms with Gasteiger partial charge in [0.15, 0.2) is 0 Å². The number of imidazole rings is 1. The van der Waals surface area contributed by atoms with Gasteiger partial charge in [0.25, 0.3) is 5.91 Å². The average Bonchev–Trinajstić information content (AvgIpc) is 4.20. The van der Waals surface area contributed by atoms with Gasteiger partial charge in [-0.25, -0.2) is 15.0 Å². The Balaban J connectivity index is 1.05. The summed E-state index contributed by atoms with van der Waals surface area (Å²) in [4.78, 5) is 106. The molecular formula is C50H57N15O9S. The summed E-state index contributed by atoms with van der Waals surface area (Å²) in [5, 5.41) is 21.7. The minimum atomic E-state index is -1.21. The predicted molar refractivity (Wildman–Crippen MR) is 279 cm³/mol. The minimum Gasteiger partial charge on any atom is -0.491 e. The molecule has 1 aliphatic heterocycles.